The van der Waals surface area contributed by atoms with Gasteiger partial charge in [0.1, 0.15) is 0 Å². The van der Waals surface area contributed by atoms with Crippen LogP contribution in [-0.4, -0.2) is 36.7 Å². The zero-order valence-electron chi connectivity index (χ0n) is 8.40. The van der Waals surface area contributed by atoms with Gasteiger partial charge in [-0.05, 0) is 28.1 Å². The number of rotatable bonds is 5. The Bertz CT molecular complexity index is 389. The normalized spacial score (nSPS) is 12.1. The molecule has 1 aromatic rings. The summed E-state index contributed by atoms with van der Waals surface area (Å²) in [5, 5.41) is 11.0. The lowest BCUT2D eigenvalue weighted by molar-refractivity contribution is -0.140. The van der Waals surface area contributed by atoms with Gasteiger partial charge in [-0.1, -0.05) is 0 Å². The summed E-state index contributed by atoms with van der Waals surface area (Å²) in [4.78, 5) is 22.2. The van der Waals surface area contributed by atoms with Crippen LogP contribution in [0, 0.1) is 0 Å². The first-order chi connectivity index (χ1) is 7.54. The van der Waals surface area contributed by atoms with Crippen molar-refractivity contribution in [3.05, 3.63) is 22.6 Å². The molecule has 2 N–H and O–H groups in total. The van der Waals surface area contributed by atoms with Crippen molar-refractivity contribution in [3.63, 3.8) is 0 Å². The van der Waals surface area contributed by atoms with Crippen LogP contribution in [0.1, 0.15) is 10.6 Å². The smallest absolute Gasteiger partial charge is 0.328 e. The van der Waals surface area contributed by atoms with E-state index in [0.29, 0.717) is 4.67 Å². The molecule has 1 rings (SSSR count). The monoisotopic (exact) mass is 291 g/mol. The molecular weight excluding hydrogens is 282 g/mol. The molecule has 0 fully saturated rings. The Morgan fingerprint density at radius 1 is 1.62 bits per heavy atom. The van der Waals surface area contributed by atoms with Gasteiger partial charge in [-0.3, -0.25) is 4.79 Å². The van der Waals surface area contributed by atoms with Gasteiger partial charge in [-0.2, -0.15) is 0 Å². The molecule has 16 heavy (non-hydrogen) atoms. The summed E-state index contributed by atoms with van der Waals surface area (Å²) in [6, 6.07) is 1.88. The molecule has 1 amide bonds. The van der Waals surface area contributed by atoms with Crippen LogP contribution in [0.2, 0.25) is 0 Å². The van der Waals surface area contributed by atoms with Crippen LogP contribution in [0.25, 0.3) is 0 Å². The van der Waals surface area contributed by atoms with Gasteiger partial charge in [0.25, 0.3) is 5.91 Å². The zero-order valence-corrected chi connectivity index (χ0v) is 9.98. The Morgan fingerprint density at radius 3 is 2.75 bits per heavy atom. The summed E-state index contributed by atoms with van der Waals surface area (Å²) < 4.78 is 10.0. The molecule has 1 atom stereocenters. The number of hydrogen-bond donors (Lipinski definition) is 2. The minimum absolute atomic E-state index is 0.0363. The van der Waals surface area contributed by atoms with E-state index in [-0.39, 0.29) is 12.4 Å². The first kappa shape index (κ1) is 12.7. The standard InChI is InChI=1S/C9H10BrNO5/c1-15-4-5(9(13)14)11-8(12)6-2-3-7(10)16-6/h2-3,5H,4H2,1H3,(H,11,12)(H,13,14). The summed E-state index contributed by atoms with van der Waals surface area (Å²) in [6.07, 6.45) is 0. The van der Waals surface area contributed by atoms with Crippen molar-refractivity contribution in [3.8, 4) is 0 Å². The van der Waals surface area contributed by atoms with E-state index in [4.69, 9.17) is 9.52 Å². The number of hydrogen-bond acceptors (Lipinski definition) is 4. The molecule has 1 unspecified atom stereocenters. The highest BCUT2D eigenvalue weighted by molar-refractivity contribution is 9.10. The highest BCUT2D eigenvalue weighted by Gasteiger charge is 2.21. The second-order valence-electron chi connectivity index (χ2n) is 2.92. The van der Waals surface area contributed by atoms with Gasteiger partial charge in [0, 0.05) is 7.11 Å². The summed E-state index contributed by atoms with van der Waals surface area (Å²) in [5.41, 5.74) is 0. The number of methoxy groups -OCH3 is 1. The number of ether oxygens (including phenoxy) is 1. The molecule has 0 aliphatic heterocycles. The molecule has 7 heteroatoms. The summed E-state index contributed by atoms with van der Waals surface area (Å²) in [7, 11) is 1.35. The third kappa shape index (κ3) is 3.35. The number of nitrogens with one attached hydrogen (secondary N) is 1. The van der Waals surface area contributed by atoms with Crippen LogP contribution in [0.3, 0.4) is 0 Å². The number of halogens is 1. The topological polar surface area (TPSA) is 88.8 Å². The van der Waals surface area contributed by atoms with Gasteiger partial charge in [-0.15, -0.1) is 0 Å². The summed E-state index contributed by atoms with van der Waals surface area (Å²) >= 11 is 3.04. The van der Waals surface area contributed by atoms with Crippen molar-refractivity contribution < 1.29 is 23.8 Å². The van der Waals surface area contributed by atoms with Crippen LogP contribution in [0.5, 0.6) is 0 Å². The molecule has 6 nitrogen and oxygen atoms in total. The van der Waals surface area contributed by atoms with E-state index in [1.165, 1.54) is 13.2 Å². The van der Waals surface area contributed by atoms with E-state index in [1.807, 2.05) is 0 Å². The molecule has 88 valence electrons. The van der Waals surface area contributed by atoms with Crippen LogP contribution < -0.4 is 5.32 Å². The van der Waals surface area contributed by atoms with Gasteiger partial charge in [0.2, 0.25) is 0 Å². The van der Waals surface area contributed by atoms with E-state index in [0.717, 1.165) is 0 Å². The van der Waals surface area contributed by atoms with Gasteiger partial charge < -0.3 is 19.6 Å². The third-order valence-electron chi connectivity index (χ3n) is 1.73. The molecule has 0 aliphatic rings. The van der Waals surface area contributed by atoms with Gasteiger partial charge in [-0.25, -0.2) is 4.79 Å². The van der Waals surface area contributed by atoms with Crippen molar-refractivity contribution in [2.45, 2.75) is 6.04 Å². The largest absolute Gasteiger partial charge is 0.480 e. The molecule has 0 saturated carbocycles. The second-order valence-corrected chi connectivity index (χ2v) is 3.70. The lowest BCUT2D eigenvalue weighted by Gasteiger charge is -2.11. The van der Waals surface area contributed by atoms with Crippen LogP contribution in [-0.2, 0) is 9.53 Å². The Kier molecular flexibility index (Phi) is 4.51. The number of aliphatic carboxylic acids is 1. The van der Waals surface area contributed by atoms with Gasteiger partial charge in [0.15, 0.2) is 16.5 Å². The van der Waals surface area contributed by atoms with E-state index in [9.17, 15) is 9.59 Å². The molecule has 1 aromatic heterocycles. The number of carbonyl (C=O) groups excluding carboxylic acids is 1. The fourth-order valence-electron chi connectivity index (χ4n) is 1.01. The van der Waals surface area contributed by atoms with Gasteiger partial charge >= 0.3 is 5.97 Å². The number of amides is 1. The molecule has 1 heterocycles. The Morgan fingerprint density at radius 2 is 2.31 bits per heavy atom. The van der Waals surface area contributed by atoms with Crippen LogP contribution in [0.4, 0.5) is 0 Å². The summed E-state index contributed by atoms with van der Waals surface area (Å²) in [6.45, 7) is -0.108. The minimum Gasteiger partial charge on any atom is -0.480 e. The number of carboxylic acids is 1. The number of furan rings is 1. The number of carboxylic acid groups (broad SMARTS) is 1. The average molecular weight is 292 g/mol. The highest BCUT2D eigenvalue weighted by Crippen LogP contribution is 2.13. The lowest BCUT2D eigenvalue weighted by atomic mass is 10.3. The first-order valence-electron chi connectivity index (χ1n) is 4.32. The maximum Gasteiger partial charge on any atom is 0.328 e. The van der Waals surface area contributed by atoms with E-state index in [1.54, 1.807) is 6.07 Å². The van der Waals surface area contributed by atoms with E-state index in [2.05, 4.69) is 26.0 Å². The van der Waals surface area contributed by atoms with Crippen molar-refractivity contribution in [2.24, 2.45) is 0 Å². The van der Waals surface area contributed by atoms with Crippen molar-refractivity contribution in [1.82, 2.24) is 5.32 Å². The molecule has 0 radical (unpaired) electrons. The molecule has 0 aromatic carbocycles. The molecular formula is C9H10BrNO5. The number of carbonyl (C=O) groups is 2. The highest BCUT2D eigenvalue weighted by atomic mass is 79.9. The summed E-state index contributed by atoms with van der Waals surface area (Å²) in [5.74, 6) is -1.73. The van der Waals surface area contributed by atoms with Crippen molar-refractivity contribution in [1.29, 1.82) is 0 Å². The minimum atomic E-state index is -1.17. The average Bonchev–Trinajstić information content (AvgIpc) is 2.64. The van der Waals surface area contributed by atoms with Crippen molar-refractivity contribution >= 4 is 27.8 Å². The van der Waals surface area contributed by atoms with Crippen LogP contribution >= 0.6 is 15.9 Å². The fourth-order valence-corrected chi connectivity index (χ4v) is 1.31. The first-order valence-corrected chi connectivity index (χ1v) is 5.12. The van der Waals surface area contributed by atoms with E-state index >= 15 is 0 Å². The zero-order chi connectivity index (χ0) is 12.1. The van der Waals surface area contributed by atoms with Gasteiger partial charge in [0.05, 0.1) is 6.61 Å². The lowest BCUT2D eigenvalue weighted by Crippen LogP contribution is -2.43. The quantitative estimate of drug-likeness (QED) is 0.840. The molecule has 0 spiro atoms. The van der Waals surface area contributed by atoms with E-state index < -0.39 is 17.9 Å². The maximum atomic E-state index is 11.5. The maximum absolute atomic E-state index is 11.5. The predicted octanol–water partition coefficient (Wildman–Crippen LogP) is 0.871. The third-order valence-corrected chi connectivity index (χ3v) is 2.16. The SMILES string of the molecule is COCC(NC(=O)c1ccc(Br)o1)C(=O)O. The van der Waals surface area contributed by atoms with Crippen LogP contribution in [0.15, 0.2) is 21.2 Å². The molecule has 0 saturated heterocycles. The molecule has 0 bridgehead atoms. The fraction of sp³-hybridized carbons (Fsp3) is 0.333. The Labute approximate surface area is 99.7 Å². The Hall–Kier alpha value is -1.34. The predicted molar refractivity (Wildman–Crippen MR) is 57.2 cm³/mol. The second kappa shape index (κ2) is 5.66. The van der Waals surface area contributed by atoms with Crippen molar-refractivity contribution in [2.75, 3.05) is 13.7 Å². The molecule has 0 aliphatic carbocycles. The Balaban J connectivity index is 2.65.